The molecule has 0 aliphatic rings. The summed E-state index contributed by atoms with van der Waals surface area (Å²) in [5, 5.41) is 2.02. The third-order valence-electron chi connectivity index (χ3n) is 4.64. The summed E-state index contributed by atoms with van der Waals surface area (Å²) >= 11 is 3.45. The quantitative estimate of drug-likeness (QED) is 0.244. The minimum atomic E-state index is -0.750. The van der Waals surface area contributed by atoms with Gasteiger partial charge in [-0.3, -0.25) is 0 Å². The Morgan fingerprint density at radius 2 is 1.73 bits per heavy atom. The minimum absolute atomic E-state index is 0.151. The summed E-state index contributed by atoms with van der Waals surface area (Å²) in [5.74, 6) is 0.846. The zero-order valence-electron chi connectivity index (χ0n) is 16.7. The molecule has 0 bridgehead atoms. The highest BCUT2D eigenvalue weighted by Gasteiger charge is 2.17. The van der Waals surface area contributed by atoms with E-state index in [1.165, 1.54) is 0 Å². The van der Waals surface area contributed by atoms with Crippen LogP contribution in [0.15, 0.2) is 69.6 Å². The first-order valence-electron chi connectivity index (χ1n) is 9.64. The van der Waals surface area contributed by atoms with Crippen LogP contribution in [0.3, 0.4) is 0 Å². The molecule has 0 amide bonds. The monoisotopic (exact) mass is 468 g/mol. The molecule has 4 aromatic rings. The van der Waals surface area contributed by atoms with Gasteiger partial charge >= 0.3 is 5.97 Å². The van der Waals surface area contributed by atoms with Gasteiger partial charge in [-0.05, 0) is 61.9 Å². The Bertz CT molecular complexity index is 1200. The molecule has 4 rings (SSSR count). The summed E-state index contributed by atoms with van der Waals surface area (Å²) in [5.41, 5.74) is 2.60. The second kappa shape index (κ2) is 8.79. The van der Waals surface area contributed by atoms with Gasteiger partial charge < -0.3 is 18.6 Å². The number of carbonyl (C=O) groups is 1. The maximum atomic E-state index is 12.2. The second-order valence-corrected chi connectivity index (χ2v) is 7.91. The SMILES string of the molecule is Cc1cccc(OCCOC(=O)C(C)Oc2ccc3c(c2)oc2cc(Br)ccc23)c1. The van der Waals surface area contributed by atoms with Gasteiger partial charge in [-0.2, -0.15) is 0 Å². The van der Waals surface area contributed by atoms with Crippen molar-refractivity contribution in [3.63, 3.8) is 0 Å². The van der Waals surface area contributed by atoms with Crippen LogP contribution in [0.1, 0.15) is 12.5 Å². The molecule has 1 unspecified atom stereocenters. The first-order valence-corrected chi connectivity index (χ1v) is 10.4. The van der Waals surface area contributed by atoms with Gasteiger partial charge in [0.1, 0.15) is 35.9 Å². The Kier molecular flexibility index (Phi) is 5.95. The lowest BCUT2D eigenvalue weighted by Gasteiger charge is -2.14. The maximum absolute atomic E-state index is 12.2. The van der Waals surface area contributed by atoms with Crippen LogP contribution in [0.4, 0.5) is 0 Å². The number of hydrogen-bond acceptors (Lipinski definition) is 5. The van der Waals surface area contributed by atoms with Crippen LogP contribution < -0.4 is 9.47 Å². The van der Waals surface area contributed by atoms with E-state index in [0.29, 0.717) is 11.3 Å². The summed E-state index contributed by atoms with van der Waals surface area (Å²) in [6, 6.07) is 19.2. The van der Waals surface area contributed by atoms with E-state index in [9.17, 15) is 4.79 Å². The fraction of sp³-hybridized carbons (Fsp3) is 0.208. The van der Waals surface area contributed by atoms with Crippen molar-refractivity contribution >= 4 is 43.8 Å². The molecule has 0 aliphatic carbocycles. The number of esters is 1. The van der Waals surface area contributed by atoms with Crippen LogP contribution in [-0.2, 0) is 9.53 Å². The molecule has 154 valence electrons. The fourth-order valence-electron chi connectivity index (χ4n) is 3.18. The summed E-state index contributed by atoms with van der Waals surface area (Å²) in [7, 11) is 0. The Balaban J connectivity index is 1.33. The molecule has 1 atom stereocenters. The predicted octanol–water partition coefficient (Wildman–Crippen LogP) is 6.05. The van der Waals surface area contributed by atoms with Crippen molar-refractivity contribution in [3.05, 3.63) is 70.7 Å². The minimum Gasteiger partial charge on any atom is -0.490 e. The second-order valence-electron chi connectivity index (χ2n) is 6.99. The molecular weight excluding hydrogens is 448 g/mol. The van der Waals surface area contributed by atoms with Gasteiger partial charge in [-0.15, -0.1) is 0 Å². The standard InChI is InChI=1S/C24H21BrO5/c1-15-4-3-5-18(12-15)27-10-11-28-24(26)16(2)29-19-7-9-21-20-8-6-17(25)13-22(20)30-23(21)14-19/h3-9,12-14,16H,10-11H2,1-2H3. The number of furan rings is 1. The van der Waals surface area contributed by atoms with Gasteiger partial charge in [-0.1, -0.05) is 28.1 Å². The van der Waals surface area contributed by atoms with Crippen LogP contribution in [0.25, 0.3) is 21.9 Å². The highest BCUT2D eigenvalue weighted by molar-refractivity contribution is 9.10. The summed E-state index contributed by atoms with van der Waals surface area (Å²) in [6.07, 6.45) is -0.750. The molecule has 0 aliphatic heterocycles. The third kappa shape index (κ3) is 4.60. The topological polar surface area (TPSA) is 57.9 Å². The molecule has 0 N–H and O–H groups in total. The van der Waals surface area contributed by atoms with Crippen molar-refractivity contribution in [3.8, 4) is 11.5 Å². The molecule has 5 nitrogen and oxygen atoms in total. The van der Waals surface area contributed by atoms with Gasteiger partial charge in [0.05, 0.1) is 0 Å². The Hall–Kier alpha value is -2.99. The van der Waals surface area contributed by atoms with E-state index < -0.39 is 12.1 Å². The van der Waals surface area contributed by atoms with Crippen LogP contribution in [-0.4, -0.2) is 25.3 Å². The molecule has 6 heteroatoms. The molecular formula is C24H21BrO5. The zero-order valence-corrected chi connectivity index (χ0v) is 18.3. The first kappa shape index (κ1) is 20.3. The largest absolute Gasteiger partial charge is 0.490 e. The third-order valence-corrected chi connectivity index (χ3v) is 5.13. The zero-order chi connectivity index (χ0) is 21.1. The van der Waals surface area contributed by atoms with E-state index in [2.05, 4.69) is 15.9 Å². The van der Waals surface area contributed by atoms with E-state index >= 15 is 0 Å². The predicted molar refractivity (Wildman–Crippen MR) is 119 cm³/mol. The van der Waals surface area contributed by atoms with Crippen LogP contribution in [0, 0.1) is 6.92 Å². The average molecular weight is 469 g/mol. The number of hydrogen-bond donors (Lipinski definition) is 0. The van der Waals surface area contributed by atoms with Crippen LogP contribution in [0.5, 0.6) is 11.5 Å². The van der Waals surface area contributed by atoms with Gasteiger partial charge in [0.15, 0.2) is 6.10 Å². The summed E-state index contributed by atoms with van der Waals surface area (Å²) < 4.78 is 23.5. The fourth-order valence-corrected chi connectivity index (χ4v) is 3.52. The molecule has 0 saturated heterocycles. The van der Waals surface area contributed by atoms with E-state index in [1.807, 2.05) is 61.5 Å². The lowest BCUT2D eigenvalue weighted by Crippen LogP contribution is -2.27. The van der Waals surface area contributed by atoms with Crippen molar-refractivity contribution in [2.24, 2.45) is 0 Å². The van der Waals surface area contributed by atoms with Crippen molar-refractivity contribution in [2.75, 3.05) is 13.2 Å². The lowest BCUT2D eigenvalue weighted by atomic mass is 10.1. The summed E-state index contributed by atoms with van der Waals surface area (Å²) in [4.78, 5) is 12.2. The first-order chi connectivity index (χ1) is 14.5. The number of fused-ring (bicyclic) bond motifs is 3. The molecule has 0 fully saturated rings. The number of ether oxygens (including phenoxy) is 3. The van der Waals surface area contributed by atoms with Crippen molar-refractivity contribution in [1.82, 2.24) is 0 Å². The normalized spacial score (nSPS) is 12.1. The van der Waals surface area contributed by atoms with Crippen LogP contribution in [0.2, 0.25) is 0 Å². The summed E-state index contributed by atoms with van der Waals surface area (Å²) in [6.45, 7) is 4.08. The Morgan fingerprint density at radius 3 is 2.53 bits per heavy atom. The number of benzene rings is 3. The van der Waals surface area contributed by atoms with Gasteiger partial charge in [-0.25, -0.2) is 4.79 Å². The molecule has 0 spiro atoms. The van der Waals surface area contributed by atoms with Gasteiger partial charge in [0, 0.05) is 21.3 Å². The molecule has 1 aromatic heterocycles. The van der Waals surface area contributed by atoms with Gasteiger partial charge in [0.25, 0.3) is 0 Å². The lowest BCUT2D eigenvalue weighted by molar-refractivity contribution is -0.151. The maximum Gasteiger partial charge on any atom is 0.347 e. The van der Waals surface area contributed by atoms with Gasteiger partial charge in [0.2, 0.25) is 0 Å². The Morgan fingerprint density at radius 1 is 0.967 bits per heavy atom. The highest BCUT2D eigenvalue weighted by atomic mass is 79.9. The number of aryl methyl sites for hydroxylation is 1. The van der Waals surface area contributed by atoms with E-state index in [0.717, 1.165) is 32.1 Å². The van der Waals surface area contributed by atoms with E-state index in [4.69, 9.17) is 18.6 Å². The smallest absolute Gasteiger partial charge is 0.347 e. The molecule has 3 aromatic carbocycles. The molecule has 0 radical (unpaired) electrons. The van der Waals surface area contributed by atoms with E-state index in [1.54, 1.807) is 13.0 Å². The highest BCUT2D eigenvalue weighted by Crippen LogP contribution is 2.33. The number of carbonyl (C=O) groups excluding carboxylic acids is 1. The van der Waals surface area contributed by atoms with E-state index in [-0.39, 0.29) is 13.2 Å². The average Bonchev–Trinajstić information content (AvgIpc) is 3.07. The van der Waals surface area contributed by atoms with Crippen molar-refractivity contribution < 1.29 is 23.4 Å². The van der Waals surface area contributed by atoms with Crippen molar-refractivity contribution in [1.29, 1.82) is 0 Å². The molecule has 0 saturated carbocycles. The van der Waals surface area contributed by atoms with Crippen LogP contribution >= 0.6 is 15.9 Å². The number of halogens is 1. The number of rotatable bonds is 7. The molecule has 30 heavy (non-hydrogen) atoms. The Labute approximate surface area is 182 Å². The van der Waals surface area contributed by atoms with Crippen molar-refractivity contribution in [2.45, 2.75) is 20.0 Å². The molecule has 1 heterocycles.